The average Bonchev–Trinajstić information content (AvgIpc) is 2.47. The lowest BCUT2D eigenvalue weighted by Gasteiger charge is -2.33. The van der Waals surface area contributed by atoms with Crippen LogP contribution in [0.5, 0.6) is 0 Å². The van der Waals surface area contributed by atoms with Gasteiger partial charge in [0.2, 0.25) is 5.91 Å². The third-order valence-electron chi connectivity index (χ3n) is 4.30. The number of amides is 1. The molecule has 22 heavy (non-hydrogen) atoms. The second-order valence-electron chi connectivity index (χ2n) is 6.21. The molecule has 1 aromatic rings. The van der Waals surface area contributed by atoms with Gasteiger partial charge in [0.15, 0.2) is 9.84 Å². The summed E-state index contributed by atoms with van der Waals surface area (Å²) < 4.78 is 28.2. The Morgan fingerprint density at radius 2 is 1.77 bits per heavy atom. The van der Waals surface area contributed by atoms with E-state index in [1.807, 2.05) is 13.8 Å². The molecule has 1 saturated heterocycles. The Morgan fingerprint density at radius 1 is 1.23 bits per heavy atom. The zero-order valence-electron chi connectivity index (χ0n) is 13.3. The Morgan fingerprint density at radius 3 is 2.27 bits per heavy atom. The van der Waals surface area contributed by atoms with Gasteiger partial charge in [-0.15, -0.1) is 0 Å². The van der Waals surface area contributed by atoms with E-state index in [-0.39, 0.29) is 22.3 Å². The molecule has 0 spiro atoms. The molecule has 0 saturated carbocycles. The van der Waals surface area contributed by atoms with Crippen LogP contribution in [0.1, 0.15) is 38.3 Å². The SMILES string of the molecule is C[C@@H](NC(=O)C1(C)CCOCC1)c1ccc(S(C)(=O)=O)cc1. The van der Waals surface area contributed by atoms with Crippen LogP contribution in [-0.2, 0) is 19.4 Å². The maximum Gasteiger partial charge on any atom is 0.226 e. The van der Waals surface area contributed by atoms with Crippen LogP contribution in [0.4, 0.5) is 0 Å². The summed E-state index contributed by atoms with van der Waals surface area (Å²) in [5, 5.41) is 3.02. The standard InChI is InChI=1S/C16H23NO4S/c1-12(13-4-6-14(7-5-13)22(3,19)20)17-15(18)16(2)8-10-21-11-9-16/h4-7,12H,8-11H2,1-3H3,(H,17,18)/t12-/m1/s1. The van der Waals surface area contributed by atoms with E-state index >= 15 is 0 Å². The van der Waals surface area contributed by atoms with Crippen molar-refractivity contribution in [3.8, 4) is 0 Å². The number of nitrogens with one attached hydrogen (secondary N) is 1. The molecule has 1 amide bonds. The van der Waals surface area contributed by atoms with Gasteiger partial charge in [-0.05, 0) is 37.5 Å². The fourth-order valence-electron chi connectivity index (χ4n) is 2.51. The summed E-state index contributed by atoms with van der Waals surface area (Å²) >= 11 is 0. The first kappa shape index (κ1) is 17.0. The average molecular weight is 325 g/mol. The molecule has 2 rings (SSSR count). The highest BCUT2D eigenvalue weighted by Gasteiger charge is 2.35. The maximum atomic E-state index is 12.5. The number of rotatable bonds is 4. The van der Waals surface area contributed by atoms with E-state index in [1.165, 1.54) is 6.26 Å². The van der Waals surface area contributed by atoms with Crippen molar-refractivity contribution in [2.24, 2.45) is 5.41 Å². The van der Waals surface area contributed by atoms with E-state index in [4.69, 9.17) is 4.74 Å². The second-order valence-corrected chi connectivity index (χ2v) is 8.23. The topological polar surface area (TPSA) is 72.5 Å². The number of sulfone groups is 1. The van der Waals surface area contributed by atoms with Crippen molar-refractivity contribution in [3.63, 3.8) is 0 Å². The third-order valence-corrected chi connectivity index (χ3v) is 5.43. The summed E-state index contributed by atoms with van der Waals surface area (Å²) in [4.78, 5) is 12.8. The fourth-order valence-corrected chi connectivity index (χ4v) is 3.14. The van der Waals surface area contributed by atoms with Crippen LogP contribution in [0.2, 0.25) is 0 Å². The summed E-state index contributed by atoms with van der Waals surface area (Å²) in [5.41, 5.74) is 0.496. The van der Waals surface area contributed by atoms with Gasteiger partial charge in [0, 0.05) is 19.5 Å². The summed E-state index contributed by atoms with van der Waals surface area (Å²) in [6, 6.07) is 6.47. The first-order valence-electron chi connectivity index (χ1n) is 7.41. The molecule has 1 aliphatic rings. The highest BCUT2D eigenvalue weighted by molar-refractivity contribution is 7.90. The lowest BCUT2D eigenvalue weighted by Crippen LogP contribution is -2.43. The van der Waals surface area contributed by atoms with Crippen molar-refractivity contribution in [2.75, 3.05) is 19.5 Å². The number of carbonyl (C=O) groups excluding carboxylic acids is 1. The normalized spacial score (nSPS) is 19.4. The molecule has 0 radical (unpaired) electrons. The van der Waals surface area contributed by atoms with Crippen LogP contribution >= 0.6 is 0 Å². The van der Waals surface area contributed by atoms with E-state index in [0.717, 1.165) is 18.4 Å². The fraction of sp³-hybridized carbons (Fsp3) is 0.562. The van der Waals surface area contributed by atoms with Crippen molar-refractivity contribution in [3.05, 3.63) is 29.8 Å². The predicted molar refractivity (Wildman–Crippen MR) is 84.3 cm³/mol. The first-order chi connectivity index (χ1) is 10.2. The van der Waals surface area contributed by atoms with Crippen molar-refractivity contribution in [1.82, 2.24) is 5.32 Å². The summed E-state index contributed by atoms with van der Waals surface area (Å²) in [5.74, 6) is 0.0236. The highest BCUT2D eigenvalue weighted by Crippen LogP contribution is 2.30. The molecular weight excluding hydrogens is 302 g/mol. The van der Waals surface area contributed by atoms with Crippen LogP contribution in [-0.4, -0.2) is 33.8 Å². The van der Waals surface area contributed by atoms with Crippen LogP contribution < -0.4 is 5.32 Å². The predicted octanol–water partition coefficient (Wildman–Crippen LogP) is 2.08. The molecule has 0 aliphatic carbocycles. The monoisotopic (exact) mass is 325 g/mol. The van der Waals surface area contributed by atoms with Gasteiger partial charge in [0.1, 0.15) is 0 Å². The Hall–Kier alpha value is -1.40. The largest absolute Gasteiger partial charge is 0.381 e. The Balaban J connectivity index is 2.05. The van der Waals surface area contributed by atoms with Crippen LogP contribution in [0.3, 0.4) is 0 Å². The molecule has 1 heterocycles. The zero-order chi connectivity index (χ0) is 16.4. The van der Waals surface area contributed by atoms with Gasteiger partial charge in [-0.25, -0.2) is 8.42 Å². The van der Waals surface area contributed by atoms with Crippen LogP contribution in [0, 0.1) is 5.41 Å². The van der Waals surface area contributed by atoms with E-state index in [2.05, 4.69) is 5.32 Å². The van der Waals surface area contributed by atoms with Gasteiger partial charge in [0.05, 0.1) is 16.4 Å². The zero-order valence-corrected chi connectivity index (χ0v) is 14.1. The lowest BCUT2D eigenvalue weighted by molar-refractivity contribution is -0.135. The minimum Gasteiger partial charge on any atom is -0.381 e. The van der Waals surface area contributed by atoms with E-state index in [1.54, 1.807) is 24.3 Å². The van der Waals surface area contributed by atoms with Gasteiger partial charge >= 0.3 is 0 Å². The van der Waals surface area contributed by atoms with Crippen LogP contribution in [0.15, 0.2) is 29.2 Å². The van der Waals surface area contributed by atoms with Gasteiger partial charge < -0.3 is 10.1 Å². The molecule has 1 atom stereocenters. The molecule has 1 fully saturated rings. The molecule has 6 heteroatoms. The number of hydrogen-bond donors (Lipinski definition) is 1. The molecule has 0 unspecified atom stereocenters. The molecule has 0 aromatic heterocycles. The molecule has 1 N–H and O–H groups in total. The summed E-state index contributed by atoms with van der Waals surface area (Å²) in [6.07, 6.45) is 2.62. The number of benzene rings is 1. The lowest BCUT2D eigenvalue weighted by atomic mass is 9.81. The minimum absolute atomic E-state index is 0.0236. The van der Waals surface area contributed by atoms with Crippen molar-refractivity contribution < 1.29 is 17.9 Å². The number of ether oxygens (including phenoxy) is 1. The maximum absolute atomic E-state index is 12.5. The smallest absolute Gasteiger partial charge is 0.226 e. The van der Waals surface area contributed by atoms with Gasteiger partial charge in [0.25, 0.3) is 0 Å². The van der Waals surface area contributed by atoms with Crippen molar-refractivity contribution >= 4 is 15.7 Å². The molecular formula is C16H23NO4S. The molecule has 5 nitrogen and oxygen atoms in total. The third kappa shape index (κ3) is 3.87. The summed E-state index contributed by atoms with van der Waals surface area (Å²) in [7, 11) is -3.20. The Bertz CT molecular complexity index is 631. The quantitative estimate of drug-likeness (QED) is 0.920. The van der Waals surface area contributed by atoms with Crippen molar-refractivity contribution in [2.45, 2.75) is 37.6 Å². The first-order valence-corrected chi connectivity index (χ1v) is 9.30. The van der Waals surface area contributed by atoms with E-state index < -0.39 is 9.84 Å². The minimum atomic E-state index is -3.20. The Kier molecular flexibility index (Phi) is 4.92. The summed E-state index contributed by atoms with van der Waals surface area (Å²) in [6.45, 7) is 5.09. The van der Waals surface area contributed by atoms with E-state index in [9.17, 15) is 13.2 Å². The van der Waals surface area contributed by atoms with Gasteiger partial charge in [-0.2, -0.15) is 0 Å². The molecule has 1 aliphatic heterocycles. The van der Waals surface area contributed by atoms with Gasteiger partial charge in [-0.3, -0.25) is 4.79 Å². The Labute approximate surface area is 132 Å². The molecule has 122 valence electrons. The second kappa shape index (κ2) is 6.38. The molecule has 0 bridgehead atoms. The number of hydrogen-bond acceptors (Lipinski definition) is 4. The van der Waals surface area contributed by atoms with Crippen LogP contribution in [0.25, 0.3) is 0 Å². The van der Waals surface area contributed by atoms with Crippen molar-refractivity contribution in [1.29, 1.82) is 0 Å². The van der Waals surface area contributed by atoms with E-state index in [0.29, 0.717) is 13.2 Å². The molecule has 1 aromatic carbocycles. The van der Waals surface area contributed by atoms with Gasteiger partial charge in [-0.1, -0.05) is 19.1 Å². The number of carbonyl (C=O) groups is 1. The highest BCUT2D eigenvalue weighted by atomic mass is 32.2.